The van der Waals surface area contributed by atoms with Gasteiger partial charge in [0.1, 0.15) is 18.5 Å². The van der Waals surface area contributed by atoms with Gasteiger partial charge in [0.05, 0.1) is 12.3 Å². The van der Waals surface area contributed by atoms with Crippen molar-refractivity contribution in [3.63, 3.8) is 0 Å². The maximum Gasteiger partial charge on any atom is 0.293 e. The smallest absolute Gasteiger partial charge is 0.293 e. The largest absolute Gasteiger partial charge is 0.489 e. The Kier molecular flexibility index (Phi) is 7.43. The molecular formula is C18H25NO4. The van der Waals surface area contributed by atoms with Crippen molar-refractivity contribution in [2.24, 2.45) is 5.16 Å². The molecule has 2 bridgehead atoms. The second-order valence-corrected chi connectivity index (χ2v) is 5.74. The maximum atomic E-state index is 9.92. The normalized spacial score (nSPS) is 17.4. The molecular weight excluding hydrogens is 294 g/mol. The quantitative estimate of drug-likeness (QED) is 0.539. The Morgan fingerprint density at radius 2 is 2.30 bits per heavy atom. The Hall–Kier alpha value is -2.04. The van der Waals surface area contributed by atoms with Gasteiger partial charge in [-0.05, 0) is 30.5 Å². The van der Waals surface area contributed by atoms with Crippen LogP contribution >= 0.6 is 0 Å². The number of carbonyl (C=O) groups excluding carboxylic acids is 1. The van der Waals surface area contributed by atoms with Gasteiger partial charge in [0.15, 0.2) is 0 Å². The Balaban J connectivity index is 0.000000198. The van der Waals surface area contributed by atoms with Gasteiger partial charge in [0, 0.05) is 12.8 Å². The van der Waals surface area contributed by atoms with Crippen LogP contribution in [0.25, 0.3) is 0 Å². The van der Waals surface area contributed by atoms with Gasteiger partial charge >= 0.3 is 0 Å². The van der Waals surface area contributed by atoms with Crippen LogP contribution in [0.3, 0.4) is 0 Å². The third-order valence-electron chi connectivity index (χ3n) is 3.80. The SMILES string of the molecule is CCCCCC1CC(CCOC=O)=NO1.c1cc2cc(c1)OC2. The van der Waals surface area contributed by atoms with Crippen LogP contribution in [0.5, 0.6) is 5.75 Å². The van der Waals surface area contributed by atoms with Gasteiger partial charge in [-0.3, -0.25) is 4.79 Å². The van der Waals surface area contributed by atoms with Crippen molar-refractivity contribution in [2.45, 2.75) is 58.2 Å². The fourth-order valence-electron chi connectivity index (χ4n) is 2.53. The van der Waals surface area contributed by atoms with Crippen LogP contribution in [0.15, 0.2) is 29.4 Å². The topological polar surface area (TPSA) is 57.1 Å². The minimum absolute atomic E-state index is 0.253. The molecule has 2 heterocycles. The lowest BCUT2D eigenvalue weighted by molar-refractivity contribution is -0.128. The Morgan fingerprint density at radius 3 is 3.04 bits per heavy atom. The Bertz CT molecular complexity index is 496. The van der Waals surface area contributed by atoms with Crippen LogP contribution in [0.2, 0.25) is 0 Å². The van der Waals surface area contributed by atoms with Crippen molar-refractivity contribution in [2.75, 3.05) is 6.61 Å². The first-order valence-corrected chi connectivity index (χ1v) is 8.30. The molecule has 1 aromatic carbocycles. The zero-order valence-electron chi connectivity index (χ0n) is 13.7. The summed E-state index contributed by atoms with van der Waals surface area (Å²) in [4.78, 5) is 15.2. The highest BCUT2D eigenvalue weighted by molar-refractivity contribution is 5.85. The molecule has 0 spiro atoms. The summed E-state index contributed by atoms with van der Waals surface area (Å²) in [6.45, 7) is 3.83. The highest BCUT2D eigenvalue weighted by Gasteiger charge is 2.19. The summed E-state index contributed by atoms with van der Waals surface area (Å²) in [7, 11) is 0. The highest BCUT2D eigenvalue weighted by Crippen LogP contribution is 2.21. The molecule has 0 aromatic heterocycles. The zero-order valence-corrected chi connectivity index (χ0v) is 13.7. The van der Waals surface area contributed by atoms with Gasteiger partial charge in [0.25, 0.3) is 6.47 Å². The summed E-state index contributed by atoms with van der Waals surface area (Å²) in [6.07, 6.45) is 6.61. The van der Waals surface area contributed by atoms with Crippen molar-refractivity contribution in [1.82, 2.24) is 0 Å². The standard InChI is InChI=1S/C11H19NO3.C7H6O/c1-2-3-4-5-11-8-10(12-15-11)6-7-14-9-13;1-2-6-4-7(3-1)8-5-6/h9,11H,2-8H2,1H3;1-4H,5H2. The first-order valence-electron chi connectivity index (χ1n) is 8.30. The van der Waals surface area contributed by atoms with E-state index in [9.17, 15) is 4.79 Å². The monoisotopic (exact) mass is 319 g/mol. The zero-order chi connectivity index (χ0) is 16.3. The van der Waals surface area contributed by atoms with Crippen molar-refractivity contribution in [3.05, 3.63) is 29.8 Å². The molecule has 5 heteroatoms. The molecule has 1 aromatic rings. The number of oxime groups is 1. The average molecular weight is 319 g/mol. The number of hydrogen-bond acceptors (Lipinski definition) is 5. The first-order chi connectivity index (χ1) is 11.3. The second kappa shape index (κ2) is 9.87. The van der Waals surface area contributed by atoms with E-state index in [1.807, 2.05) is 12.1 Å². The molecule has 2 aliphatic heterocycles. The van der Waals surface area contributed by atoms with Gasteiger partial charge in [-0.2, -0.15) is 0 Å². The van der Waals surface area contributed by atoms with E-state index < -0.39 is 0 Å². The number of benzene rings is 1. The van der Waals surface area contributed by atoms with Crippen LogP contribution in [0, 0.1) is 0 Å². The molecule has 1 atom stereocenters. The van der Waals surface area contributed by atoms with E-state index in [-0.39, 0.29) is 6.10 Å². The van der Waals surface area contributed by atoms with E-state index in [1.54, 1.807) is 0 Å². The van der Waals surface area contributed by atoms with Gasteiger partial charge in [-0.15, -0.1) is 0 Å². The predicted octanol–water partition coefficient (Wildman–Crippen LogP) is 3.85. The van der Waals surface area contributed by atoms with Crippen LogP contribution in [0.1, 0.15) is 51.0 Å². The number of carbonyl (C=O) groups is 1. The third-order valence-corrected chi connectivity index (χ3v) is 3.80. The molecule has 0 N–H and O–H groups in total. The molecule has 0 saturated carbocycles. The molecule has 3 rings (SSSR count). The number of nitrogens with zero attached hydrogens (tertiary/aromatic N) is 1. The molecule has 0 fully saturated rings. The predicted molar refractivity (Wildman–Crippen MR) is 88.5 cm³/mol. The number of hydrogen-bond donors (Lipinski definition) is 0. The summed E-state index contributed by atoms with van der Waals surface area (Å²) in [6, 6.07) is 8.10. The average Bonchev–Trinajstić information content (AvgIpc) is 3.15. The maximum absolute atomic E-state index is 9.92. The summed E-state index contributed by atoms with van der Waals surface area (Å²) in [5.74, 6) is 1.00. The first kappa shape index (κ1) is 17.3. The molecule has 23 heavy (non-hydrogen) atoms. The van der Waals surface area contributed by atoms with Crippen molar-refractivity contribution < 1.29 is 19.1 Å². The minimum atomic E-state index is 0.253. The number of ether oxygens (including phenoxy) is 2. The van der Waals surface area contributed by atoms with Gasteiger partial charge < -0.3 is 14.3 Å². The van der Waals surface area contributed by atoms with Crippen LogP contribution < -0.4 is 4.74 Å². The fraction of sp³-hybridized carbons (Fsp3) is 0.556. The van der Waals surface area contributed by atoms with Crippen molar-refractivity contribution >= 4 is 12.2 Å². The van der Waals surface area contributed by atoms with Crippen molar-refractivity contribution in [1.29, 1.82) is 0 Å². The van der Waals surface area contributed by atoms with E-state index in [0.29, 0.717) is 19.5 Å². The molecule has 126 valence electrons. The molecule has 0 amide bonds. The van der Waals surface area contributed by atoms with Crippen molar-refractivity contribution in [3.8, 4) is 5.75 Å². The van der Waals surface area contributed by atoms with Crippen LogP contribution in [-0.2, 0) is 21.0 Å². The lowest BCUT2D eigenvalue weighted by Crippen LogP contribution is -2.09. The lowest BCUT2D eigenvalue weighted by atomic mass is 10.1. The molecule has 1 unspecified atom stereocenters. The van der Waals surface area contributed by atoms with E-state index in [1.165, 1.54) is 24.8 Å². The van der Waals surface area contributed by atoms with E-state index in [2.05, 4.69) is 28.9 Å². The second-order valence-electron chi connectivity index (χ2n) is 5.74. The Labute approximate surface area is 137 Å². The summed E-state index contributed by atoms with van der Waals surface area (Å²) < 4.78 is 9.80. The highest BCUT2D eigenvalue weighted by atomic mass is 16.6. The number of unbranched alkanes of at least 4 members (excludes halogenated alkanes) is 2. The van der Waals surface area contributed by atoms with E-state index in [4.69, 9.17) is 9.57 Å². The van der Waals surface area contributed by atoms with Gasteiger partial charge in [-0.1, -0.05) is 37.1 Å². The van der Waals surface area contributed by atoms with Crippen LogP contribution in [-0.4, -0.2) is 24.9 Å². The fourth-order valence-corrected chi connectivity index (χ4v) is 2.53. The Morgan fingerprint density at radius 1 is 1.39 bits per heavy atom. The summed E-state index contributed by atoms with van der Waals surface area (Å²) in [5.41, 5.74) is 2.29. The van der Waals surface area contributed by atoms with Gasteiger partial charge in [-0.25, -0.2) is 0 Å². The van der Waals surface area contributed by atoms with E-state index >= 15 is 0 Å². The molecule has 2 aliphatic rings. The molecule has 5 nitrogen and oxygen atoms in total. The molecule has 0 aliphatic carbocycles. The molecule has 0 radical (unpaired) electrons. The summed E-state index contributed by atoms with van der Waals surface area (Å²) in [5, 5.41) is 3.99. The lowest BCUT2D eigenvalue weighted by Gasteiger charge is -2.06. The minimum Gasteiger partial charge on any atom is -0.489 e. The van der Waals surface area contributed by atoms with Gasteiger partial charge in [0.2, 0.25) is 0 Å². The third kappa shape index (κ3) is 6.30. The summed E-state index contributed by atoms with van der Waals surface area (Å²) >= 11 is 0. The van der Waals surface area contributed by atoms with Crippen LogP contribution in [0.4, 0.5) is 0 Å². The number of rotatable bonds is 8. The number of fused-ring (bicyclic) bond motifs is 2. The molecule has 0 saturated heterocycles. The van der Waals surface area contributed by atoms with E-state index in [0.717, 1.165) is 30.9 Å².